The minimum Gasteiger partial charge on any atom is -0.353 e. The molecule has 2 atom stereocenters. The first-order valence-corrected chi connectivity index (χ1v) is 5.64. The average molecular weight is 210 g/mol. The van der Waals surface area contributed by atoms with E-state index in [4.69, 9.17) is 0 Å². The number of nitrogens with one attached hydrogen (secondary N) is 2. The molecule has 0 bridgehead atoms. The van der Waals surface area contributed by atoms with Gasteiger partial charge in [0.1, 0.15) is 6.04 Å². The molecular weight excluding hydrogens is 196 g/mol. The van der Waals surface area contributed by atoms with Gasteiger partial charge in [-0.2, -0.15) is 0 Å². The summed E-state index contributed by atoms with van der Waals surface area (Å²) in [6.07, 6.45) is 0. The number of amides is 1. The van der Waals surface area contributed by atoms with Crippen molar-refractivity contribution >= 4 is 17.2 Å². The molecule has 76 valence electrons. The fraction of sp³-hybridized carbons (Fsp3) is 0.500. The zero-order valence-electron chi connectivity index (χ0n) is 8.33. The molecule has 2 heterocycles. The summed E-state index contributed by atoms with van der Waals surface area (Å²) in [5.41, 5.74) is 1.19. The zero-order chi connectivity index (χ0) is 10.1. The smallest absolute Gasteiger partial charge is 0.242 e. The van der Waals surface area contributed by atoms with Gasteiger partial charge in [-0.05, 0) is 30.9 Å². The van der Waals surface area contributed by atoms with Crippen LogP contribution in [-0.2, 0) is 4.79 Å². The predicted molar refractivity (Wildman–Crippen MR) is 57.4 cm³/mol. The largest absolute Gasteiger partial charge is 0.353 e. The highest BCUT2D eigenvalue weighted by Crippen LogP contribution is 2.25. The van der Waals surface area contributed by atoms with Crippen LogP contribution in [-0.4, -0.2) is 18.5 Å². The third kappa shape index (κ3) is 1.67. The summed E-state index contributed by atoms with van der Waals surface area (Å²) in [6.45, 7) is 4.84. The summed E-state index contributed by atoms with van der Waals surface area (Å²) in [4.78, 5) is 12.8. The van der Waals surface area contributed by atoms with Crippen LogP contribution in [0.3, 0.4) is 0 Å². The van der Waals surface area contributed by atoms with Gasteiger partial charge >= 0.3 is 0 Å². The number of thiophene rings is 1. The quantitative estimate of drug-likeness (QED) is 0.731. The Hall–Kier alpha value is -0.870. The normalized spacial score (nSPS) is 27.4. The van der Waals surface area contributed by atoms with Crippen LogP contribution in [0.5, 0.6) is 0 Å². The summed E-state index contributed by atoms with van der Waals surface area (Å²) >= 11 is 1.64. The molecule has 14 heavy (non-hydrogen) atoms. The first-order valence-electron chi connectivity index (χ1n) is 4.76. The SMILES string of the molecule is Cc1ccsc1C1NC(C)CNC1=O. The van der Waals surface area contributed by atoms with Crippen LogP contribution in [0.15, 0.2) is 11.4 Å². The van der Waals surface area contributed by atoms with E-state index in [0.29, 0.717) is 6.04 Å². The van der Waals surface area contributed by atoms with E-state index in [1.165, 1.54) is 5.56 Å². The lowest BCUT2D eigenvalue weighted by molar-refractivity contribution is -0.125. The Balaban J connectivity index is 2.24. The predicted octanol–water partition coefficient (Wildman–Crippen LogP) is 1.21. The molecule has 2 N–H and O–H groups in total. The minimum absolute atomic E-state index is 0.0913. The molecule has 0 saturated carbocycles. The second-order valence-corrected chi connectivity index (χ2v) is 4.66. The number of carbonyl (C=O) groups is 1. The van der Waals surface area contributed by atoms with Crippen LogP contribution in [0.4, 0.5) is 0 Å². The standard InChI is InChI=1S/C10H14N2OS/c1-6-3-4-14-9(6)8-10(13)11-5-7(2)12-8/h3-4,7-8,12H,5H2,1-2H3,(H,11,13). The Morgan fingerprint density at radius 1 is 1.57 bits per heavy atom. The van der Waals surface area contributed by atoms with Gasteiger partial charge in [0.05, 0.1) is 0 Å². The second-order valence-electron chi connectivity index (χ2n) is 3.71. The first kappa shape index (κ1) is 9.68. The van der Waals surface area contributed by atoms with Crippen LogP contribution in [0.1, 0.15) is 23.4 Å². The lowest BCUT2D eigenvalue weighted by atomic mass is 10.1. The van der Waals surface area contributed by atoms with Crippen molar-refractivity contribution in [1.29, 1.82) is 0 Å². The van der Waals surface area contributed by atoms with E-state index in [9.17, 15) is 4.79 Å². The van der Waals surface area contributed by atoms with Crippen molar-refractivity contribution in [3.8, 4) is 0 Å². The fourth-order valence-electron chi connectivity index (χ4n) is 1.65. The van der Waals surface area contributed by atoms with Crippen molar-refractivity contribution in [2.24, 2.45) is 0 Å². The average Bonchev–Trinajstić information content (AvgIpc) is 2.56. The molecular formula is C10H14N2OS. The number of piperazine rings is 1. The lowest BCUT2D eigenvalue weighted by Gasteiger charge is -2.28. The third-order valence-electron chi connectivity index (χ3n) is 2.46. The molecule has 0 aromatic carbocycles. The highest BCUT2D eigenvalue weighted by molar-refractivity contribution is 7.10. The highest BCUT2D eigenvalue weighted by Gasteiger charge is 2.28. The summed E-state index contributed by atoms with van der Waals surface area (Å²) in [6, 6.07) is 2.24. The van der Waals surface area contributed by atoms with Gasteiger partial charge in [0.25, 0.3) is 0 Å². The Morgan fingerprint density at radius 2 is 2.36 bits per heavy atom. The first-order chi connectivity index (χ1) is 6.68. The molecule has 1 aromatic rings. The van der Waals surface area contributed by atoms with Crippen molar-refractivity contribution in [1.82, 2.24) is 10.6 Å². The summed E-state index contributed by atoms with van der Waals surface area (Å²) in [5, 5.41) is 8.24. The van der Waals surface area contributed by atoms with Crippen molar-refractivity contribution in [2.45, 2.75) is 25.9 Å². The van der Waals surface area contributed by atoms with Gasteiger partial charge in [0.15, 0.2) is 0 Å². The Kier molecular flexibility index (Phi) is 2.56. The van der Waals surface area contributed by atoms with Gasteiger partial charge in [-0.3, -0.25) is 10.1 Å². The maximum Gasteiger partial charge on any atom is 0.242 e. The van der Waals surface area contributed by atoms with Crippen molar-refractivity contribution in [3.05, 3.63) is 21.9 Å². The Labute approximate surface area is 87.5 Å². The number of aryl methyl sites for hydroxylation is 1. The lowest BCUT2D eigenvalue weighted by Crippen LogP contribution is -2.52. The van der Waals surface area contributed by atoms with Gasteiger partial charge in [-0.15, -0.1) is 11.3 Å². The van der Waals surface area contributed by atoms with Gasteiger partial charge in [0, 0.05) is 17.5 Å². The number of hydrogen-bond donors (Lipinski definition) is 2. The van der Waals surface area contributed by atoms with Gasteiger partial charge in [0.2, 0.25) is 5.91 Å². The molecule has 3 nitrogen and oxygen atoms in total. The van der Waals surface area contributed by atoms with E-state index in [1.54, 1.807) is 11.3 Å². The molecule has 1 aromatic heterocycles. The molecule has 1 saturated heterocycles. The molecule has 0 spiro atoms. The van der Waals surface area contributed by atoms with Gasteiger partial charge in [-0.1, -0.05) is 0 Å². The molecule has 2 unspecified atom stereocenters. The highest BCUT2D eigenvalue weighted by atomic mass is 32.1. The maximum atomic E-state index is 11.6. The molecule has 1 amide bonds. The van der Waals surface area contributed by atoms with Crippen molar-refractivity contribution < 1.29 is 4.79 Å². The van der Waals surface area contributed by atoms with E-state index in [-0.39, 0.29) is 11.9 Å². The Morgan fingerprint density at radius 3 is 3.00 bits per heavy atom. The van der Waals surface area contributed by atoms with E-state index in [2.05, 4.69) is 17.6 Å². The fourth-order valence-corrected chi connectivity index (χ4v) is 2.63. The number of rotatable bonds is 1. The molecule has 4 heteroatoms. The number of hydrogen-bond acceptors (Lipinski definition) is 3. The molecule has 1 fully saturated rings. The molecule has 1 aliphatic rings. The summed E-state index contributed by atoms with van der Waals surface area (Å²) in [5.74, 6) is 0.0913. The van der Waals surface area contributed by atoms with E-state index in [1.807, 2.05) is 18.4 Å². The van der Waals surface area contributed by atoms with E-state index < -0.39 is 0 Å². The maximum absolute atomic E-state index is 11.6. The summed E-state index contributed by atoms with van der Waals surface area (Å²) in [7, 11) is 0. The zero-order valence-corrected chi connectivity index (χ0v) is 9.15. The topological polar surface area (TPSA) is 41.1 Å². The van der Waals surface area contributed by atoms with Crippen LogP contribution in [0, 0.1) is 6.92 Å². The van der Waals surface area contributed by atoms with Crippen LogP contribution >= 0.6 is 11.3 Å². The third-order valence-corrected chi connectivity index (χ3v) is 3.54. The number of carbonyl (C=O) groups excluding carboxylic acids is 1. The van der Waals surface area contributed by atoms with Crippen molar-refractivity contribution in [3.63, 3.8) is 0 Å². The van der Waals surface area contributed by atoms with Gasteiger partial charge in [-0.25, -0.2) is 0 Å². The molecule has 0 aliphatic carbocycles. The second kappa shape index (κ2) is 3.71. The molecule has 1 aliphatic heterocycles. The van der Waals surface area contributed by atoms with Crippen molar-refractivity contribution in [2.75, 3.05) is 6.54 Å². The monoisotopic (exact) mass is 210 g/mol. The van der Waals surface area contributed by atoms with Crippen LogP contribution in [0.25, 0.3) is 0 Å². The van der Waals surface area contributed by atoms with E-state index >= 15 is 0 Å². The van der Waals surface area contributed by atoms with Gasteiger partial charge < -0.3 is 5.32 Å². The molecule has 0 radical (unpaired) electrons. The Bertz CT molecular complexity index is 348. The minimum atomic E-state index is -0.154. The van der Waals surface area contributed by atoms with E-state index in [0.717, 1.165) is 11.4 Å². The van der Waals surface area contributed by atoms with Crippen LogP contribution in [0.2, 0.25) is 0 Å². The molecule has 2 rings (SSSR count). The van der Waals surface area contributed by atoms with Crippen LogP contribution < -0.4 is 10.6 Å². The summed E-state index contributed by atoms with van der Waals surface area (Å²) < 4.78 is 0.